The molecule has 20 heavy (non-hydrogen) atoms. The summed E-state index contributed by atoms with van der Waals surface area (Å²) in [4.78, 5) is 6.60. The van der Waals surface area contributed by atoms with Crippen molar-refractivity contribution in [2.75, 3.05) is 18.5 Å². The summed E-state index contributed by atoms with van der Waals surface area (Å²) in [6.45, 7) is 5.67. The number of benzene rings is 1. The van der Waals surface area contributed by atoms with Crippen LogP contribution in [-0.2, 0) is 6.54 Å². The molecule has 0 aliphatic rings. The summed E-state index contributed by atoms with van der Waals surface area (Å²) in [5, 5.41) is 5.82. The number of terminal acetylenes is 1. The van der Waals surface area contributed by atoms with Crippen LogP contribution >= 0.6 is 0 Å². The molecule has 0 aliphatic carbocycles. The number of aromatic nitrogens is 1. The van der Waals surface area contributed by atoms with Crippen LogP contribution in [0, 0.1) is 12.3 Å². The molecule has 104 valence electrons. The number of fused-ring (bicyclic) bond motifs is 1. The second-order valence-corrected chi connectivity index (χ2v) is 5.25. The number of nitrogens with zero attached hydrogens (tertiary/aromatic N) is 2. The van der Waals surface area contributed by atoms with Gasteiger partial charge in [0.15, 0.2) is 0 Å². The number of anilines is 1. The van der Waals surface area contributed by atoms with Gasteiger partial charge in [0.1, 0.15) is 5.82 Å². The van der Waals surface area contributed by atoms with E-state index in [0.29, 0.717) is 12.6 Å². The normalized spacial score (nSPS) is 10.8. The molecule has 0 aliphatic heterocycles. The third kappa shape index (κ3) is 3.09. The molecular formula is C17H21N3. The maximum atomic E-state index is 5.39. The van der Waals surface area contributed by atoms with Crippen LogP contribution in [0.4, 0.5) is 5.82 Å². The van der Waals surface area contributed by atoms with Gasteiger partial charge in [-0.15, -0.1) is 6.42 Å². The Kier molecular flexibility index (Phi) is 4.60. The Morgan fingerprint density at radius 3 is 2.65 bits per heavy atom. The highest BCUT2D eigenvalue weighted by molar-refractivity contribution is 5.94. The summed E-state index contributed by atoms with van der Waals surface area (Å²) in [7, 11) is 1.97. The summed E-state index contributed by atoms with van der Waals surface area (Å²) in [6, 6.07) is 8.80. The van der Waals surface area contributed by atoms with Crippen LogP contribution in [-0.4, -0.2) is 24.6 Å². The van der Waals surface area contributed by atoms with Gasteiger partial charge in [0.25, 0.3) is 0 Å². The van der Waals surface area contributed by atoms with E-state index in [-0.39, 0.29) is 0 Å². The average Bonchev–Trinajstić information content (AvgIpc) is 2.44. The van der Waals surface area contributed by atoms with Gasteiger partial charge in [0, 0.05) is 31.2 Å². The minimum absolute atomic E-state index is 0.456. The van der Waals surface area contributed by atoms with E-state index < -0.39 is 0 Å². The Morgan fingerprint density at radius 2 is 2.00 bits per heavy atom. The number of nitrogens with one attached hydrogen (secondary N) is 1. The summed E-state index contributed by atoms with van der Waals surface area (Å²) in [6.07, 6.45) is 7.34. The van der Waals surface area contributed by atoms with E-state index in [4.69, 9.17) is 6.42 Å². The molecule has 0 saturated heterocycles. The van der Waals surface area contributed by atoms with Crippen molar-refractivity contribution in [3.8, 4) is 12.3 Å². The van der Waals surface area contributed by atoms with E-state index in [2.05, 4.69) is 48.3 Å². The number of hydrogen-bond donors (Lipinski definition) is 1. The Balaban J connectivity index is 2.44. The van der Waals surface area contributed by atoms with E-state index in [0.717, 1.165) is 17.7 Å². The molecule has 3 nitrogen and oxygen atoms in total. The second kappa shape index (κ2) is 6.40. The topological polar surface area (TPSA) is 28.2 Å². The van der Waals surface area contributed by atoms with Crippen molar-refractivity contribution >= 4 is 16.6 Å². The van der Waals surface area contributed by atoms with Gasteiger partial charge in [0.2, 0.25) is 0 Å². The molecule has 1 aromatic carbocycles. The minimum atomic E-state index is 0.456. The third-order valence-electron chi connectivity index (χ3n) is 3.25. The van der Waals surface area contributed by atoms with Crippen LogP contribution < -0.4 is 10.2 Å². The van der Waals surface area contributed by atoms with E-state index in [1.807, 2.05) is 24.2 Å². The highest BCUT2D eigenvalue weighted by Gasteiger charge is 2.10. The summed E-state index contributed by atoms with van der Waals surface area (Å²) in [5.74, 6) is 3.60. The molecule has 0 unspecified atom stereocenters. The molecule has 0 spiro atoms. The zero-order chi connectivity index (χ0) is 14.5. The highest BCUT2D eigenvalue weighted by atomic mass is 15.2. The van der Waals surface area contributed by atoms with Crippen molar-refractivity contribution in [2.45, 2.75) is 26.4 Å². The Hall–Kier alpha value is -2.05. The lowest BCUT2D eigenvalue weighted by Crippen LogP contribution is -2.23. The van der Waals surface area contributed by atoms with Crippen LogP contribution in [0.15, 0.2) is 30.5 Å². The lowest BCUT2D eigenvalue weighted by molar-refractivity contribution is 0.590. The van der Waals surface area contributed by atoms with Crippen molar-refractivity contribution in [3.05, 3.63) is 36.0 Å². The summed E-state index contributed by atoms with van der Waals surface area (Å²) in [5.41, 5.74) is 1.21. The quantitative estimate of drug-likeness (QED) is 0.844. The molecule has 1 aromatic heterocycles. The molecule has 1 N–H and O–H groups in total. The molecule has 0 fully saturated rings. The van der Waals surface area contributed by atoms with Crippen LogP contribution in [0.25, 0.3) is 10.8 Å². The zero-order valence-corrected chi connectivity index (χ0v) is 12.4. The SMILES string of the molecule is C#CCN(C)c1ncc(CNC(C)C)c2ccccc12. The molecule has 1 heterocycles. The molecule has 2 rings (SSSR count). The molecule has 0 amide bonds. The number of hydrogen-bond acceptors (Lipinski definition) is 3. The first-order chi connectivity index (χ1) is 9.63. The summed E-state index contributed by atoms with van der Waals surface area (Å²) >= 11 is 0. The van der Waals surface area contributed by atoms with E-state index in [1.54, 1.807) is 0 Å². The molecule has 0 saturated carbocycles. The first-order valence-electron chi connectivity index (χ1n) is 6.88. The van der Waals surface area contributed by atoms with Gasteiger partial charge in [-0.25, -0.2) is 4.98 Å². The molecule has 0 bridgehead atoms. The average molecular weight is 267 g/mol. The van der Waals surface area contributed by atoms with Crippen molar-refractivity contribution in [3.63, 3.8) is 0 Å². The fourth-order valence-electron chi connectivity index (χ4n) is 2.21. The zero-order valence-electron chi connectivity index (χ0n) is 12.4. The molecule has 3 heteroatoms. The molecule has 2 aromatic rings. The fraction of sp³-hybridized carbons (Fsp3) is 0.353. The Labute approximate surface area is 121 Å². The van der Waals surface area contributed by atoms with Gasteiger partial charge in [-0.05, 0) is 10.9 Å². The standard InChI is InChI=1S/C17H21N3/c1-5-10-20(4)17-16-9-7-6-8-15(16)14(12-19-17)11-18-13(2)3/h1,6-9,12-13,18H,10-11H2,2-4H3. The van der Waals surface area contributed by atoms with Crippen LogP contribution in [0.1, 0.15) is 19.4 Å². The fourth-order valence-corrected chi connectivity index (χ4v) is 2.21. The van der Waals surface area contributed by atoms with Gasteiger partial charge in [0.05, 0.1) is 6.54 Å². The highest BCUT2D eigenvalue weighted by Crippen LogP contribution is 2.26. The van der Waals surface area contributed by atoms with Gasteiger partial charge >= 0.3 is 0 Å². The van der Waals surface area contributed by atoms with E-state index in [9.17, 15) is 0 Å². The van der Waals surface area contributed by atoms with Gasteiger partial charge < -0.3 is 10.2 Å². The first-order valence-corrected chi connectivity index (χ1v) is 6.88. The van der Waals surface area contributed by atoms with Crippen LogP contribution in [0.3, 0.4) is 0 Å². The lowest BCUT2D eigenvalue weighted by atomic mass is 10.1. The lowest BCUT2D eigenvalue weighted by Gasteiger charge is -2.19. The van der Waals surface area contributed by atoms with E-state index in [1.165, 1.54) is 10.9 Å². The minimum Gasteiger partial charge on any atom is -0.348 e. The van der Waals surface area contributed by atoms with Gasteiger partial charge in [-0.1, -0.05) is 44.0 Å². The largest absolute Gasteiger partial charge is 0.348 e. The smallest absolute Gasteiger partial charge is 0.136 e. The Bertz CT molecular complexity index is 626. The molecule has 0 atom stereocenters. The monoisotopic (exact) mass is 267 g/mol. The van der Waals surface area contributed by atoms with Crippen molar-refractivity contribution in [1.29, 1.82) is 0 Å². The second-order valence-electron chi connectivity index (χ2n) is 5.25. The van der Waals surface area contributed by atoms with Crippen molar-refractivity contribution in [2.24, 2.45) is 0 Å². The van der Waals surface area contributed by atoms with Crippen LogP contribution in [0.2, 0.25) is 0 Å². The maximum Gasteiger partial charge on any atom is 0.136 e. The van der Waals surface area contributed by atoms with Crippen molar-refractivity contribution in [1.82, 2.24) is 10.3 Å². The summed E-state index contributed by atoms with van der Waals surface area (Å²) < 4.78 is 0. The number of pyridine rings is 1. The maximum absolute atomic E-state index is 5.39. The van der Waals surface area contributed by atoms with Crippen molar-refractivity contribution < 1.29 is 0 Å². The van der Waals surface area contributed by atoms with E-state index >= 15 is 0 Å². The van der Waals surface area contributed by atoms with Gasteiger partial charge in [-0.2, -0.15) is 0 Å². The van der Waals surface area contributed by atoms with Crippen LogP contribution in [0.5, 0.6) is 0 Å². The molecular weight excluding hydrogens is 246 g/mol. The first kappa shape index (κ1) is 14.4. The van der Waals surface area contributed by atoms with Gasteiger partial charge in [-0.3, -0.25) is 0 Å². The predicted molar refractivity (Wildman–Crippen MR) is 85.8 cm³/mol. The third-order valence-corrected chi connectivity index (χ3v) is 3.25. The number of rotatable bonds is 5. The Morgan fingerprint density at radius 1 is 1.30 bits per heavy atom. The predicted octanol–water partition coefficient (Wildman–Crippen LogP) is 2.80. The molecule has 0 radical (unpaired) electrons.